The number of hydrogen-bond donors (Lipinski definition) is 2. The Balaban J connectivity index is 1.78. The zero-order chi connectivity index (χ0) is 20.6. The van der Waals surface area contributed by atoms with E-state index in [9.17, 15) is 13.2 Å². The molecule has 1 aliphatic rings. The van der Waals surface area contributed by atoms with Crippen LogP contribution >= 0.6 is 0 Å². The average Bonchev–Trinajstić information content (AvgIpc) is 2.67. The van der Waals surface area contributed by atoms with Crippen LogP contribution in [0.1, 0.15) is 38.7 Å². The standard InChI is InChI=1S/C19H30F3N5O/c1-18(2,27-9-5-4-6-10-27)13-26-17(23-3)25-12-15-7-8-16(24-11-15)28-14-19(20,21)22/h7-8,11H,4-6,9-10,12-14H2,1-3H3,(H2,23,25,26). The van der Waals surface area contributed by atoms with Gasteiger partial charge in [0.2, 0.25) is 5.88 Å². The van der Waals surface area contributed by atoms with E-state index in [2.05, 4.69) is 44.1 Å². The molecule has 1 saturated heterocycles. The maximum absolute atomic E-state index is 12.2. The van der Waals surface area contributed by atoms with Gasteiger partial charge >= 0.3 is 6.18 Å². The van der Waals surface area contributed by atoms with E-state index in [1.54, 1.807) is 13.1 Å². The van der Waals surface area contributed by atoms with Crippen molar-refractivity contribution in [3.63, 3.8) is 0 Å². The van der Waals surface area contributed by atoms with Gasteiger partial charge in [0.1, 0.15) is 0 Å². The van der Waals surface area contributed by atoms with Gasteiger partial charge in [-0.05, 0) is 45.3 Å². The summed E-state index contributed by atoms with van der Waals surface area (Å²) in [6.45, 7) is 6.56. The molecule has 0 aromatic carbocycles. The van der Waals surface area contributed by atoms with Gasteiger partial charge < -0.3 is 15.4 Å². The first-order valence-corrected chi connectivity index (χ1v) is 9.54. The first-order valence-electron chi connectivity index (χ1n) is 9.54. The van der Waals surface area contributed by atoms with Crippen molar-refractivity contribution in [1.29, 1.82) is 0 Å². The highest BCUT2D eigenvalue weighted by molar-refractivity contribution is 5.79. The fourth-order valence-corrected chi connectivity index (χ4v) is 3.07. The Morgan fingerprint density at radius 3 is 2.46 bits per heavy atom. The van der Waals surface area contributed by atoms with Crippen LogP contribution in [-0.2, 0) is 6.54 Å². The van der Waals surface area contributed by atoms with E-state index < -0.39 is 12.8 Å². The van der Waals surface area contributed by atoms with Gasteiger partial charge in [0, 0.05) is 37.9 Å². The summed E-state index contributed by atoms with van der Waals surface area (Å²) in [5.74, 6) is 0.620. The summed E-state index contributed by atoms with van der Waals surface area (Å²) in [5, 5.41) is 6.55. The maximum Gasteiger partial charge on any atom is 0.422 e. The van der Waals surface area contributed by atoms with E-state index in [0.717, 1.165) is 25.2 Å². The Morgan fingerprint density at radius 2 is 1.89 bits per heavy atom. The van der Waals surface area contributed by atoms with Crippen molar-refractivity contribution in [3.05, 3.63) is 23.9 Å². The number of aromatic nitrogens is 1. The largest absolute Gasteiger partial charge is 0.468 e. The summed E-state index contributed by atoms with van der Waals surface area (Å²) < 4.78 is 41.1. The number of pyridine rings is 1. The summed E-state index contributed by atoms with van der Waals surface area (Å²) >= 11 is 0. The Labute approximate surface area is 164 Å². The highest BCUT2D eigenvalue weighted by Crippen LogP contribution is 2.20. The molecule has 9 heteroatoms. The van der Waals surface area contributed by atoms with Gasteiger partial charge in [0.15, 0.2) is 12.6 Å². The van der Waals surface area contributed by atoms with Crippen molar-refractivity contribution in [2.45, 2.75) is 51.4 Å². The highest BCUT2D eigenvalue weighted by atomic mass is 19.4. The fraction of sp³-hybridized carbons (Fsp3) is 0.684. The minimum Gasteiger partial charge on any atom is -0.468 e. The summed E-state index contributed by atoms with van der Waals surface area (Å²) in [4.78, 5) is 10.6. The van der Waals surface area contributed by atoms with Crippen LogP contribution < -0.4 is 15.4 Å². The number of ether oxygens (including phenoxy) is 1. The van der Waals surface area contributed by atoms with Crippen molar-refractivity contribution in [3.8, 4) is 5.88 Å². The van der Waals surface area contributed by atoms with Gasteiger partial charge in [-0.1, -0.05) is 12.5 Å². The van der Waals surface area contributed by atoms with E-state index in [-0.39, 0.29) is 11.4 Å². The van der Waals surface area contributed by atoms with Crippen molar-refractivity contribution in [1.82, 2.24) is 20.5 Å². The molecule has 0 amide bonds. The zero-order valence-electron chi connectivity index (χ0n) is 16.8. The normalized spacial score (nSPS) is 16.7. The first-order chi connectivity index (χ1) is 13.2. The molecule has 28 heavy (non-hydrogen) atoms. The van der Waals surface area contributed by atoms with Crippen LogP contribution in [0, 0.1) is 0 Å². The third kappa shape index (κ3) is 7.53. The number of piperidine rings is 1. The van der Waals surface area contributed by atoms with Gasteiger partial charge in [0.25, 0.3) is 0 Å². The van der Waals surface area contributed by atoms with Crippen molar-refractivity contribution >= 4 is 5.96 Å². The first kappa shape index (κ1) is 22.3. The zero-order valence-corrected chi connectivity index (χ0v) is 16.8. The van der Waals surface area contributed by atoms with Crippen LogP contribution in [-0.4, -0.2) is 60.8 Å². The van der Waals surface area contributed by atoms with E-state index in [1.165, 1.54) is 31.5 Å². The Morgan fingerprint density at radius 1 is 1.18 bits per heavy atom. The van der Waals surface area contributed by atoms with Crippen LogP contribution in [0.2, 0.25) is 0 Å². The van der Waals surface area contributed by atoms with Crippen LogP contribution in [0.15, 0.2) is 23.3 Å². The molecule has 0 aliphatic carbocycles. The molecule has 0 spiro atoms. The van der Waals surface area contributed by atoms with Crippen molar-refractivity contribution in [2.24, 2.45) is 4.99 Å². The molecule has 0 unspecified atom stereocenters. The number of guanidine groups is 1. The second-order valence-corrected chi connectivity index (χ2v) is 7.55. The third-order valence-electron chi connectivity index (χ3n) is 4.77. The van der Waals surface area contributed by atoms with Gasteiger partial charge in [-0.3, -0.25) is 9.89 Å². The second kappa shape index (κ2) is 9.95. The van der Waals surface area contributed by atoms with Crippen LogP contribution in [0.5, 0.6) is 5.88 Å². The minimum atomic E-state index is -4.37. The lowest BCUT2D eigenvalue weighted by molar-refractivity contribution is -0.154. The number of halogens is 3. The van der Waals surface area contributed by atoms with E-state index in [0.29, 0.717) is 12.5 Å². The molecule has 1 fully saturated rings. The lowest BCUT2D eigenvalue weighted by Crippen LogP contribution is -2.54. The second-order valence-electron chi connectivity index (χ2n) is 7.55. The molecule has 6 nitrogen and oxygen atoms in total. The highest BCUT2D eigenvalue weighted by Gasteiger charge is 2.29. The third-order valence-corrected chi connectivity index (χ3v) is 4.77. The summed E-state index contributed by atoms with van der Waals surface area (Å²) in [6, 6.07) is 3.11. The molecule has 1 aromatic heterocycles. The molecule has 0 radical (unpaired) electrons. The van der Waals surface area contributed by atoms with Gasteiger partial charge in [-0.2, -0.15) is 13.2 Å². The minimum absolute atomic E-state index is 0.0249. The molecule has 1 aromatic rings. The number of likely N-dealkylation sites (tertiary alicyclic amines) is 1. The molecule has 0 atom stereocenters. The predicted octanol–water partition coefficient (Wildman–Crippen LogP) is 2.95. The van der Waals surface area contributed by atoms with Crippen LogP contribution in [0.3, 0.4) is 0 Å². The monoisotopic (exact) mass is 401 g/mol. The van der Waals surface area contributed by atoms with Gasteiger partial charge in [0.05, 0.1) is 0 Å². The van der Waals surface area contributed by atoms with Gasteiger partial charge in [-0.25, -0.2) is 4.98 Å². The molecule has 2 N–H and O–H groups in total. The summed E-state index contributed by atoms with van der Waals surface area (Å²) in [5.41, 5.74) is 0.842. The SMILES string of the molecule is CN=C(NCc1ccc(OCC(F)(F)F)nc1)NCC(C)(C)N1CCCCC1. The van der Waals surface area contributed by atoms with E-state index >= 15 is 0 Å². The topological polar surface area (TPSA) is 61.8 Å². The lowest BCUT2D eigenvalue weighted by Gasteiger charge is -2.41. The number of rotatable bonds is 7. The van der Waals surface area contributed by atoms with Crippen LogP contribution in [0.25, 0.3) is 0 Å². The molecule has 2 rings (SSSR count). The number of alkyl halides is 3. The smallest absolute Gasteiger partial charge is 0.422 e. The molecule has 158 valence electrons. The quantitative estimate of drug-likeness (QED) is 0.543. The maximum atomic E-state index is 12.2. The summed E-state index contributed by atoms with van der Waals surface area (Å²) in [6.07, 6.45) is 0.904. The van der Waals surface area contributed by atoms with Crippen molar-refractivity contribution < 1.29 is 17.9 Å². The number of nitrogens with one attached hydrogen (secondary N) is 2. The molecule has 2 heterocycles. The molecule has 0 bridgehead atoms. The van der Waals surface area contributed by atoms with Crippen LogP contribution in [0.4, 0.5) is 13.2 Å². The molecule has 1 aliphatic heterocycles. The van der Waals surface area contributed by atoms with E-state index in [1.807, 2.05) is 0 Å². The van der Waals surface area contributed by atoms with Gasteiger partial charge in [-0.15, -0.1) is 0 Å². The molecular weight excluding hydrogens is 371 g/mol. The molecular formula is C19H30F3N5O. The Hall–Kier alpha value is -2.03. The number of nitrogens with zero attached hydrogens (tertiary/aromatic N) is 3. The Bertz CT molecular complexity index is 625. The van der Waals surface area contributed by atoms with E-state index in [4.69, 9.17) is 0 Å². The Kier molecular flexibility index (Phi) is 7.91. The lowest BCUT2D eigenvalue weighted by atomic mass is 9.98. The number of aliphatic imine (C=N–C) groups is 1. The van der Waals surface area contributed by atoms with Crippen molar-refractivity contribution in [2.75, 3.05) is 33.3 Å². The summed E-state index contributed by atoms with van der Waals surface area (Å²) in [7, 11) is 1.70. The predicted molar refractivity (Wildman–Crippen MR) is 103 cm³/mol. The molecule has 0 saturated carbocycles. The average molecular weight is 401 g/mol. The fourth-order valence-electron chi connectivity index (χ4n) is 3.07. The number of hydrogen-bond acceptors (Lipinski definition) is 4.